The highest BCUT2D eigenvalue weighted by Gasteiger charge is 2.23. The lowest BCUT2D eigenvalue weighted by molar-refractivity contribution is 0.117. The third-order valence-corrected chi connectivity index (χ3v) is 5.42. The van der Waals surface area contributed by atoms with Crippen LogP contribution in [0.15, 0.2) is 24.5 Å². The van der Waals surface area contributed by atoms with E-state index in [-0.39, 0.29) is 24.2 Å². The molecule has 0 bridgehead atoms. The van der Waals surface area contributed by atoms with Crippen molar-refractivity contribution in [2.75, 3.05) is 19.6 Å². The van der Waals surface area contributed by atoms with Crippen molar-refractivity contribution in [3.05, 3.63) is 30.1 Å². The number of aromatic nitrogens is 1. The first-order chi connectivity index (χ1) is 12.2. The summed E-state index contributed by atoms with van der Waals surface area (Å²) in [7, 11) is 0. The van der Waals surface area contributed by atoms with E-state index >= 15 is 0 Å². The predicted molar refractivity (Wildman–Crippen MR) is 97.3 cm³/mol. The van der Waals surface area contributed by atoms with Crippen molar-refractivity contribution in [2.45, 2.75) is 63.1 Å². The quantitative estimate of drug-likeness (QED) is 0.758. The number of carbonyl (C=O) groups excluding carboxylic acids is 1. The summed E-state index contributed by atoms with van der Waals surface area (Å²) >= 11 is 0. The molecule has 0 radical (unpaired) electrons. The highest BCUT2D eigenvalue weighted by Crippen LogP contribution is 2.18. The summed E-state index contributed by atoms with van der Waals surface area (Å²) in [6, 6.07) is 4.58. The predicted octanol–water partition coefficient (Wildman–Crippen LogP) is 1.69. The number of piperidine rings is 1. The number of hydrogen-bond acceptors (Lipinski definition) is 4. The summed E-state index contributed by atoms with van der Waals surface area (Å²) in [5, 5.41) is 15.7. The fraction of sp³-hybridized carbons (Fsp3) is 0.684. The third kappa shape index (κ3) is 5.97. The molecule has 2 heterocycles. The van der Waals surface area contributed by atoms with Gasteiger partial charge in [0.2, 0.25) is 0 Å². The molecule has 0 unspecified atom stereocenters. The van der Waals surface area contributed by atoms with E-state index in [4.69, 9.17) is 0 Å². The fourth-order valence-electron chi connectivity index (χ4n) is 3.77. The molecule has 2 amide bonds. The van der Waals surface area contributed by atoms with Gasteiger partial charge in [0.15, 0.2) is 0 Å². The van der Waals surface area contributed by atoms with Crippen molar-refractivity contribution in [1.29, 1.82) is 0 Å². The van der Waals surface area contributed by atoms with Crippen LogP contribution in [0, 0.1) is 0 Å². The van der Waals surface area contributed by atoms with Crippen molar-refractivity contribution in [3.8, 4) is 0 Å². The molecule has 2 aliphatic rings. The topological polar surface area (TPSA) is 77.5 Å². The Hall–Kier alpha value is -1.66. The zero-order valence-electron chi connectivity index (χ0n) is 14.9. The molecule has 1 saturated carbocycles. The summed E-state index contributed by atoms with van der Waals surface area (Å²) in [5.41, 5.74) is 1.33. The van der Waals surface area contributed by atoms with Crippen LogP contribution in [-0.2, 0) is 6.42 Å². The summed E-state index contributed by atoms with van der Waals surface area (Å²) in [6.07, 6.45) is 9.91. The molecule has 6 nitrogen and oxygen atoms in total. The molecule has 3 rings (SSSR count). The van der Waals surface area contributed by atoms with Gasteiger partial charge in [0.25, 0.3) is 0 Å². The molecule has 3 N–H and O–H groups in total. The number of nitrogens with one attached hydrogen (secondary N) is 2. The largest absolute Gasteiger partial charge is 0.393 e. The standard InChI is InChI=1S/C19H30N4O2/c24-18-3-1-16(2-4-18)21-19(25)22-17-8-13-23(14-9-17)12-7-15-5-10-20-11-6-15/h5-6,10-11,16-18,24H,1-4,7-9,12-14H2,(H2,21,22,25). The van der Waals surface area contributed by atoms with Crippen molar-refractivity contribution in [3.63, 3.8) is 0 Å². The van der Waals surface area contributed by atoms with Crippen LogP contribution >= 0.6 is 0 Å². The van der Waals surface area contributed by atoms with Gasteiger partial charge in [-0.2, -0.15) is 0 Å². The highest BCUT2D eigenvalue weighted by molar-refractivity contribution is 5.74. The third-order valence-electron chi connectivity index (χ3n) is 5.42. The molecule has 0 aromatic carbocycles. The number of aliphatic hydroxyl groups excluding tert-OH is 1. The number of amides is 2. The van der Waals surface area contributed by atoms with Crippen molar-refractivity contribution < 1.29 is 9.90 Å². The lowest BCUT2D eigenvalue weighted by Gasteiger charge is -2.33. The average molecular weight is 346 g/mol. The molecule has 2 fully saturated rings. The number of rotatable bonds is 5. The van der Waals surface area contributed by atoms with Crippen LogP contribution < -0.4 is 10.6 Å². The molecule has 0 atom stereocenters. The van der Waals surface area contributed by atoms with E-state index in [2.05, 4.69) is 32.7 Å². The molecule has 1 aliphatic carbocycles. The SMILES string of the molecule is O=C(NC1CCC(O)CC1)NC1CCN(CCc2ccncc2)CC1. The Morgan fingerprint density at radius 3 is 2.28 bits per heavy atom. The molecule has 0 spiro atoms. The number of carbonyl (C=O) groups is 1. The van der Waals surface area contributed by atoms with Crippen LogP contribution in [0.2, 0.25) is 0 Å². The van der Waals surface area contributed by atoms with Gasteiger partial charge in [-0.15, -0.1) is 0 Å². The zero-order chi connectivity index (χ0) is 17.5. The minimum Gasteiger partial charge on any atom is -0.393 e. The van der Waals surface area contributed by atoms with Crippen LogP contribution in [0.1, 0.15) is 44.1 Å². The van der Waals surface area contributed by atoms with E-state index in [9.17, 15) is 9.90 Å². The van der Waals surface area contributed by atoms with E-state index in [1.165, 1.54) is 5.56 Å². The second-order valence-electron chi connectivity index (χ2n) is 7.34. The zero-order valence-corrected chi connectivity index (χ0v) is 14.9. The maximum absolute atomic E-state index is 12.1. The summed E-state index contributed by atoms with van der Waals surface area (Å²) in [5.74, 6) is 0. The first kappa shape index (κ1) is 18.1. The van der Waals surface area contributed by atoms with E-state index in [1.807, 2.05) is 12.4 Å². The number of hydrogen-bond donors (Lipinski definition) is 3. The van der Waals surface area contributed by atoms with Gasteiger partial charge in [-0.3, -0.25) is 4.98 Å². The minimum atomic E-state index is -0.183. The molecule has 1 aromatic heterocycles. The maximum Gasteiger partial charge on any atom is 0.315 e. The molecule has 1 aromatic rings. The van der Waals surface area contributed by atoms with Crippen LogP contribution in [0.5, 0.6) is 0 Å². The van der Waals surface area contributed by atoms with Gasteiger partial charge in [0.05, 0.1) is 6.10 Å². The van der Waals surface area contributed by atoms with Gasteiger partial charge in [0, 0.05) is 44.1 Å². The Balaban J connectivity index is 1.31. The highest BCUT2D eigenvalue weighted by atomic mass is 16.3. The van der Waals surface area contributed by atoms with Crippen molar-refractivity contribution >= 4 is 6.03 Å². The van der Waals surface area contributed by atoms with Crippen LogP contribution in [-0.4, -0.2) is 58.8 Å². The lowest BCUT2D eigenvalue weighted by Crippen LogP contribution is -2.50. The van der Waals surface area contributed by atoms with E-state index in [0.29, 0.717) is 0 Å². The Morgan fingerprint density at radius 2 is 1.64 bits per heavy atom. The Morgan fingerprint density at radius 1 is 1.04 bits per heavy atom. The molecular formula is C19H30N4O2. The van der Waals surface area contributed by atoms with Crippen molar-refractivity contribution in [2.24, 2.45) is 0 Å². The monoisotopic (exact) mass is 346 g/mol. The smallest absolute Gasteiger partial charge is 0.315 e. The first-order valence-electron chi connectivity index (χ1n) is 9.55. The molecule has 1 saturated heterocycles. The second-order valence-corrected chi connectivity index (χ2v) is 7.34. The Labute approximate surface area is 150 Å². The molecule has 138 valence electrons. The van der Waals surface area contributed by atoms with Crippen LogP contribution in [0.25, 0.3) is 0 Å². The second kappa shape index (κ2) is 9.15. The number of urea groups is 1. The van der Waals surface area contributed by atoms with Gasteiger partial charge in [-0.1, -0.05) is 0 Å². The average Bonchev–Trinajstić information content (AvgIpc) is 2.64. The Bertz CT molecular complexity index is 523. The maximum atomic E-state index is 12.1. The molecule has 25 heavy (non-hydrogen) atoms. The number of pyridine rings is 1. The normalized spacial score (nSPS) is 25.5. The van der Waals surface area contributed by atoms with E-state index in [0.717, 1.165) is 64.6 Å². The van der Waals surface area contributed by atoms with Gasteiger partial charge < -0.3 is 20.6 Å². The summed E-state index contributed by atoms with van der Waals surface area (Å²) in [4.78, 5) is 18.7. The number of likely N-dealkylation sites (tertiary alicyclic amines) is 1. The van der Waals surface area contributed by atoms with Gasteiger partial charge in [-0.05, 0) is 62.6 Å². The van der Waals surface area contributed by atoms with E-state index < -0.39 is 0 Å². The fourth-order valence-corrected chi connectivity index (χ4v) is 3.77. The first-order valence-corrected chi connectivity index (χ1v) is 9.55. The molecule has 1 aliphatic heterocycles. The van der Waals surface area contributed by atoms with Gasteiger partial charge in [-0.25, -0.2) is 4.79 Å². The summed E-state index contributed by atoms with van der Waals surface area (Å²) < 4.78 is 0. The lowest BCUT2D eigenvalue weighted by atomic mass is 9.93. The summed E-state index contributed by atoms with van der Waals surface area (Å²) in [6.45, 7) is 3.13. The molecular weight excluding hydrogens is 316 g/mol. The number of nitrogens with zero attached hydrogens (tertiary/aromatic N) is 2. The Kier molecular flexibility index (Phi) is 6.64. The number of aliphatic hydroxyl groups is 1. The van der Waals surface area contributed by atoms with Crippen LogP contribution in [0.4, 0.5) is 4.79 Å². The van der Waals surface area contributed by atoms with Gasteiger partial charge >= 0.3 is 6.03 Å². The molecule has 6 heteroatoms. The minimum absolute atomic E-state index is 0.0448. The van der Waals surface area contributed by atoms with Crippen LogP contribution in [0.3, 0.4) is 0 Å². The van der Waals surface area contributed by atoms with Gasteiger partial charge in [0.1, 0.15) is 0 Å². The van der Waals surface area contributed by atoms with E-state index in [1.54, 1.807) is 0 Å². The van der Waals surface area contributed by atoms with Crippen molar-refractivity contribution in [1.82, 2.24) is 20.5 Å².